The van der Waals surface area contributed by atoms with Crippen molar-refractivity contribution in [3.63, 3.8) is 0 Å². The molecule has 1 amide bonds. The summed E-state index contributed by atoms with van der Waals surface area (Å²) in [6.07, 6.45) is 0. The second kappa shape index (κ2) is 6.15. The molecule has 1 aromatic heterocycles. The van der Waals surface area contributed by atoms with Crippen molar-refractivity contribution in [2.45, 2.75) is 17.9 Å². The Morgan fingerprint density at radius 1 is 1.15 bits per heavy atom. The molecular weight excluding hydrogens is 356 g/mol. The second-order valence-corrected chi connectivity index (χ2v) is 7.74. The van der Waals surface area contributed by atoms with E-state index in [9.17, 15) is 13.2 Å². The van der Waals surface area contributed by atoms with Gasteiger partial charge in [-0.15, -0.1) is 0 Å². The van der Waals surface area contributed by atoms with Crippen LogP contribution in [-0.2, 0) is 14.8 Å². The Morgan fingerprint density at radius 2 is 1.96 bits per heavy atom. The third-order valence-corrected chi connectivity index (χ3v) is 5.64. The van der Waals surface area contributed by atoms with Crippen LogP contribution in [0.15, 0.2) is 57.8 Å². The van der Waals surface area contributed by atoms with Gasteiger partial charge in [-0.25, -0.2) is 13.1 Å². The first-order valence-corrected chi connectivity index (χ1v) is 9.48. The third-order valence-electron chi connectivity index (χ3n) is 4.10. The molecule has 0 saturated carbocycles. The number of anilines is 1. The molecule has 1 aliphatic heterocycles. The molecule has 7 nitrogen and oxygen atoms in total. The number of benzene rings is 2. The molecule has 0 unspecified atom stereocenters. The quantitative estimate of drug-likeness (QED) is 0.734. The Kier molecular flexibility index (Phi) is 3.93. The number of sulfonamides is 1. The van der Waals surface area contributed by atoms with Gasteiger partial charge in [0.25, 0.3) is 5.91 Å². The highest BCUT2D eigenvalue weighted by Crippen LogP contribution is 2.31. The van der Waals surface area contributed by atoms with Gasteiger partial charge in [0, 0.05) is 5.39 Å². The highest BCUT2D eigenvalue weighted by Gasteiger charge is 2.24. The average Bonchev–Trinajstić information content (AvgIpc) is 3.05. The second-order valence-electron chi connectivity index (χ2n) is 6.02. The molecule has 1 aliphatic rings. The summed E-state index contributed by atoms with van der Waals surface area (Å²) < 4.78 is 38.9. The Hall–Kier alpha value is -2.84. The zero-order chi connectivity index (χ0) is 18.3. The lowest BCUT2D eigenvalue weighted by Crippen LogP contribution is -2.28. The molecule has 2 N–H and O–H groups in total. The summed E-state index contributed by atoms with van der Waals surface area (Å²) in [5.74, 6) is 0.633. The van der Waals surface area contributed by atoms with Gasteiger partial charge in [0.2, 0.25) is 10.0 Å². The van der Waals surface area contributed by atoms with Crippen LogP contribution >= 0.6 is 0 Å². The maximum absolute atomic E-state index is 12.7. The number of rotatable bonds is 4. The lowest BCUT2D eigenvalue weighted by molar-refractivity contribution is -0.118. The minimum atomic E-state index is -3.81. The van der Waals surface area contributed by atoms with E-state index >= 15 is 0 Å². The number of fused-ring (bicyclic) bond motifs is 2. The van der Waals surface area contributed by atoms with Crippen LogP contribution in [0.1, 0.15) is 18.7 Å². The largest absolute Gasteiger partial charge is 0.482 e. The molecule has 0 spiro atoms. The minimum absolute atomic E-state index is 0.0324. The summed E-state index contributed by atoms with van der Waals surface area (Å²) in [6, 6.07) is 13.0. The summed E-state index contributed by atoms with van der Waals surface area (Å²) >= 11 is 0. The number of furan rings is 1. The summed E-state index contributed by atoms with van der Waals surface area (Å²) in [5, 5.41) is 3.51. The number of para-hydroxylation sites is 1. The molecule has 1 atom stereocenters. The molecule has 2 aromatic carbocycles. The topological polar surface area (TPSA) is 97.6 Å². The van der Waals surface area contributed by atoms with Gasteiger partial charge in [0.05, 0.1) is 16.6 Å². The van der Waals surface area contributed by atoms with Crippen molar-refractivity contribution >= 4 is 32.6 Å². The van der Waals surface area contributed by atoms with Gasteiger partial charge in [0.15, 0.2) is 6.61 Å². The van der Waals surface area contributed by atoms with Crippen molar-refractivity contribution < 1.29 is 22.4 Å². The first-order valence-electron chi connectivity index (χ1n) is 8.00. The van der Waals surface area contributed by atoms with Crippen molar-refractivity contribution in [2.75, 3.05) is 11.9 Å². The smallest absolute Gasteiger partial charge is 0.262 e. The molecule has 0 radical (unpaired) electrons. The summed E-state index contributed by atoms with van der Waals surface area (Å²) in [6.45, 7) is 1.62. The zero-order valence-electron chi connectivity index (χ0n) is 13.9. The maximum atomic E-state index is 12.7. The molecular formula is C18H16N2O5S. The van der Waals surface area contributed by atoms with Crippen molar-refractivity contribution in [2.24, 2.45) is 0 Å². The van der Waals surface area contributed by atoms with Crippen LogP contribution in [0.2, 0.25) is 0 Å². The average molecular weight is 372 g/mol. The van der Waals surface area contributed by atoms with Gasteiger partial charge in [-0.1, -0.05) is 18.2 Å². The predicted molar refractivity (Wildman–Crippen MR) is 95.5 cm³/mol. The van der Waals surface area contributed by atoms with Gasteiger partial charge in [-0.2, -0.15) is 0 Å². The van der Waals surface area contributed by atoms with Crippen molar-refractivity contribution in [3.8, 4) is 5.75 Å². The Morgan fingerprint density at radius 3 is 2.77 bits per heavy atom. The molecule has 0 fully saturated rings. The van der Waals surface area contributed by atoms with E-state index in [1.807, 2.05) is 30.3 Å². The van der Waals surface area contributed by atoms with E-state index in [4.69, 9.17) is 9.15 Å². The van der Waals surface area contributed by atoms with Gasteiger partial charge < -0.3 is 14.5 Å². The highest BCUT2D eigenvalue weighted by molar-refractivity contribution is 7.89. The van der Waals surface area contributed by atoms with Crippen molar-refractivity contribution in [1.29, 1.82) is 0 Å². The lowest BCUT2D eigenvalue weighted by atomic mass is 10.2. The van der Waals surface area contributed by atoms with E-state index in [2.05, 4.69) is 10.0 Å². The molecule has 134 valence electrons. The van der Waals surface area contributed by atoms with Crippen molar-refractivity contribution in [3.05, 3.63) is 54.3 Å². The van der Waals surface area contributed by atoms with Crippen LogP contribution < -0.4 is 14.8 Å². The molecule has 4 rings (SSSR count). The monoisotopic (exact) mass is 372 g/mol. The Labute approximate surface area is 150 Å². The SMILES string of the molecule is C[C@H](NS(=O)(=O)c1ccc2c(c1)NC(=O)CO2)c1cc2ccccc2o1. The number of hydrogen-bond acceptors (Lipinski definition) is 5. The third kappa shape index (κ3) is 3.04. The highest BCUT2D eigenvalue weighted by atomic mass is 32.2. The molecule has 0 saturated heterocycles. The van der Waals surface area contributed by atoms with Gasteiger partial charge in [-0.3, -0.25) is 4.79 Å². The first-order chi connectivity index (χ1) is 12.4. The zero-order valence-corrected chi connectivity index (χ0v) is 14.7. The number of nitrogens with one attached hydrogen (secondary N) is 2. The number of amides is 1. The molecule has 0 aliphatic carbocycles. The summed E-state index contributed by atoms with van der Waals surface area (Å²) in [4.78, 5) is 11.5. The first kappa shape index (κ1) is 16.6. The van der Waals surface area contributed by atoms with E-state index in [-0.39, 0.29) is 17.4 Å². The van der Waals surface area contributed by atoms with E-state index in [0.29, 0.717) is 22.8 Å². The van der Waals surface area contributed by atoms with E-state index < -0.39 is 16.1 Å². The van der Waals surface area contributed by atoms with E-state index in [1.54, 1.807) is 6.92 Å². The predicted octanol–water partition coefficient (Wildman–Crippen LogP) is 2.80. The van der Waals surface area contributed by atoms with Crippen molar-refractivity contribution in [1.82, 2.24) is 4.72 Å². The molecule has 8 heteroatoms. The fourth-order valence-corrected chi connectivity index (χ4v) is 4.04. The van der Waals surface area contributed by atoms with Crippen LogP contribution in [0.3, 0.4) is 0 Å². The molecule has 0 bridgehead atoms. The molecule has 3 aromatic rings. The molecule has 2 heterocycles. The Balaban J connectivity index is 1.60. The fourth-order valence-electron chi connectivity index (χ4n) is 2.80. The number of hydrogen-bond donors (Lipinski definition) is 2. The molecule has 26 heavy (non-hydrogen) atoms. The fraction of sp³-hybridized carbons (Fsp3) is 0.167. The Bertz CT molecular complexity index is 1070. The van der Waals surface area contributed by atoms with E-state index in [1.165, 1.54) is 18.2 Å². The summed E-state index contributed by atoms with van der Waals surface area (Å²) in [5.41, 5.74) is 1.03. The van der Waals surface area contributed by atoms with Gasteiger partial charge in [-0.05, 0) is 37.3 Å². The van der Waals surface area contributed by atoms with Crippen LogP contribution in [0.25, 0.3) is 11.0 Å². The summed E-state index contributed by atoms with van der Waals surface area (Å²) in [7, 11) is -3.81. The lowest BCUT2D eigenvalue weighted by Gasteiger charge is -2.19. The van der Waals surface area contributed by atoms with Gasteiger partial charge >= 0.3 is 0 Å². The standard InChI is InChI=1S/C18H16N2O5S/c1-11(17-8-12-4-2-3-5-15(12)25-17)20-26(22,23)13-6-7-16-14(9-13)19-18(21)10-24-16/h2-9,11,20H,10H2,1H3,(H,19,21)/t11-/m0/s1. The number of ether oxygens (including phenoxy) is 1. The minimum Gasteiger partial charge on any atom is -0.482 e. The van der Waals surface area contributed by atoms with E-state index in [0.717, 1.165) is 5.39 Å². The maximum Gasteiger partial charge on any atom is 0.262 e. The van der Waals surface area contributed by atoms with Crippen LogP contribution in [-0.4, -0.2) is 20.9 Å². The number of carbonyl (C=O) groups is 1. The van der Waals surface area contributed by atoms with Gasteiger partial charge in [0.1, 0.15) is 17.1 Å². The normalized spacial score (nSPS) is 15.2. The number of carbonyl (C=O) groups excluding carboxylic acids is 1. The van der Waals surface area contributed by atoms with Crippen LogP contribution in [0.4, 0.5) is 5.69 Å². The van der Waals surface area contributed by atoms with Crippen LogP contribution in [0, 0.1) is 0 Å². The van der Waals surface area contributed by atoms with Crippen LogP contribution in [0.5, 0.6) is 5.75 Å².